The number of likely N-dealkylation sites (N-methyl/N-ethyl adjacent to an activating group) is 1. The van der Waals surface area contributed by atoms with Crippen molar-refractivity contribution in [2.45, 2.75) is 71.1 Å². The van der Waals surface area contributed by atoms with Crippen LogP contribution in [0.25, 0.3) is 0 Å². The number of aromatic nitrogens is 2. The fraction of sp³-hybridized carbons (Fsp3) is 0.812. The second-order valence-electron chi connectivity index (χ2n) is 5.73. The van der Waals surface area contributed by atoms with Crippen LogP contribution < -0.4 is 5.32 Å². The number of ether oxygens (including phenoxy) is 1. The Kier molecular flexibility index (Phi) is 6.54. The van der Waals surface area contributed by atoms with Crippen LogP contribution in [0.3, 0.4) is 0 Å². The van der Waals surface area contributed by atoms with E-state index in [0.717, 1.165) is 26.1 Å². The molecule has 0 aromatic carbocycles. The zero-order valence-electron chi connectivity index (χ0n) is 13.0. The van der Waals surface area contributed by atoms with Crippen molar-refractivity contribution in [2.75, 3.05) is 13.2 Å². The van der Waals surface area contributed by atoms with Crippen LogP contribution in [-0.4, -0.2) is 35.1 Å². The van der Waals surface area contributed by atoms with Gasteiger partial charge in [0.15, 0.2) is 0 Å². The number of aryl methyl sites for hydroxylation is 1. The minimum Gasteiger partial charge on any atom is -0.378 e. The van der Waals surface area contributed by atoms with E-state index in [4.69, 9.17) is 4.74 Å². The minimum atomic E-state index is 0.489. The molecule has 1 aliphatic rings. The molecule has 2 rings (SSSR count). The molecule has 2 heterocycles. The van der Waals surface area contributed by atoms with Crippen molar-refractivity contribution in [3.63, 3.8) is 0 Å². The molecule has 0 amide bonds. The monoisotopic (exact) mass is 279 g/mol. The smallest absolute Gasteiger partial charge is 0.0575 e. The maximum absolute atomic E-state index is 5.83. The Balaban J connectivity index is 1.79. The molecule has 1 N–H and O–H groups in total. The summed E-state index contributed by atoms with van der Waals surface area (Å²) in [5.41, 5.74) is 1.34. The summed E-state index contributed by atoms with van der Waals surface area (Å²) in [4.78, 5) is 0. The van der Waals surface area contributed by atoms with Gasteiger partial charge in [0.25, 0.3) is 0 Å². The van der Waals surface area contributed by atoms with E-state index in [1.165, 1.54) is 37.7 Å². The highest BCUT2D eigenvalue weighted by Gasteiger charge is 2.17. The summed E-state index contributed by atoms with van der Waals surface area (Å²) in [6.45, 7) is 7.23. The molecule has 114 valence electrons. The topological polar surface area (TPSA) is 39.1 Å². The van der Waals surface area contributed by atoms with Crippen LogP contribution in [0.4, 0.5) is 0 Å². The lowest BCUT2D eigenvalue weighted by Crippen LogP contribution is -2.32. The first-order valence-electron chi connectivity index (χ1n) is 8.18. The van der Waals surface area contributed by atoms with E-state index >= 15 is 0 Å². The van der Waals surface area contributed by atoms with Gasteiger partial charge in [0.2, 0.25) is 0 Å². The first-order valence-corrected chi connectivity index (χ1v) is 8.18. The Hall–Kier alpha value is -0.870. The summed E-state index contributed by atoms with van der Waals surface area (Å²) >= 11 is 0. The lowest BCUT2D eigenvalue weighted by atomic mass is 9.98. The number of hydrogen-bond acceptors (Lipinski definition) is 3. The Morgan fingerprint density at radius 3 is 3.00 bits per heavy atom. The molecule has 0 bridgehead atoms. The van der Waals surface area contributed by atoms with Gasteiger partial charge in [-0.2, -0.15) is 5.10 Å². The maximum atomic E-state index is 5.83. The van der Waals surface area contributed by atoms with Gasteiger partial charge in [-0.3, -0.25) is 4.68 Å². The summed E-state index contributed by atoms with van der Waals surface area (Å²) in [5.74, 6) is 0. The van der Waals surface area contributed by atoms with Crippen molar-refractivity contribution in [3.8, 4) is 0 Å². The molecule has 1 fully saturated rings. The van der Waals surface area contributed by atoms with Gasteiger partial charge in [-0.15, -0.1) is 0 Å². The molecule has 1 aliphatic heterocycles. The Morgan fingerprint density at radius 1 is 1.45 bits per heavy atom. The lowest BCUT2D eigenvalue weighted by Gasteiger charge is -2.25. The molecule has 0 saturated carbocycles. The van der Waals surface area contributed by atoms with Crippen LogP contribution >= 0.6 is 0 Å². The minimum absolute atomic E-state index is 0.489. The summed E-state index contributed by atoms with van der Waals surface area (Å²) in [7, 11) is 0. The second-order valence-corrected chi connectivity index (χ2v) is 5.73. The van der Waals surface area contributed by atoms with Gasteiger partial charge in [-0.25, -0.2) is 0 Å². The molecule has 1 aromatic rings. The zero-order valence-corrected chi connectivity index (χ0v) is 13.0. The summed E-state index contributed by atoms with van der Waals surface area (Å²) in [6, 6.07) is 0.542. The number of rotatable bonds is 8. The fourth-order valence-electron chi connectivity index (χ4n) is 2.96. The molecule has 0 spiro atoms. The molecule has 1 aromatic heterocycles. The quantitative estimate of drug-likeness (QED) is 0.795. The van der Waals surface area contributed by atoms with Crippen molar-refractivity contribution in [3.05, 3.63) is 18.0 Å². The predicted octanol–water partition coefficient (Wildman–Crippen LogP) is 2.77. The maximum Gasteiger partial charge on any atom is 0.0575 e. The van der Waals surface area contributed by atoms with Gasteiger partial charge in [-0.1, -0.05) is 6.92 Å². The molecule has 0 aliphatic carbocycles. The van der Waals surface area contributed by atoms with Gasteiger partial charge in [0.05, 0.1) is 12.3 Å². The Bertz CT molecular complexity index is 372. The molecule has 4 nitrogen and oxygen atoms in total. The van der Waals surface area contributed by atoms with Gasteiger partial charge < -0.3 is 10.1 Å². The molecular weight excluding hydrogens is 250 g/mol. The van der Waals surface area contributed by atoms with Crippen LogP contribution in [0.5, 0.6) is 0 Å². The molecular formula is C16H29N3O. The van der Waals surface area contributed by atoms with E-state index in [2.05, 4.69) is 30.5 Å². The summed E-state index contributed by atoms with van der Waals surface area (Å²) < 4.78 is 7.84. The van der Waals surface area contributed by atoms with E-state index in [-0.39, 0.29) is 0 Å². The third-order valence-corrected chi connectivity index (χ3v) is 4.10. The summed E-state index contributed by atoms with van der Waals surface area (Å²) in [6.07, 6.45) is 11.9. The third-order valence-electron chi connectivity index (χ3n) is 4.10. The zero-order chi connectivity index (χ0) is 14.2. The van der Waals surface area contributed by atoms with Crippen molar-refractivity contribution in [1.29, 1.82) is 0 Å². The number of nitrogens with one attached hydrogen (secondary N) is 1. The largest absolute Gasteiger partial charge is 0.378 e. The first kappa shape index (κ1) is 15.5. The Morgan fingerprint density at radius 2 is 2.35 bits per heavy atom. The van der Waals surface area contributed by atoms with Gasteiger partial charge in [0.1, 0.15) is 0 Å². The standard InChI is InChI=1S/C16H29N3O/c1-3-17-15(8-9-16-7-5-6-10-20-16)11-14-12-18-19(4-2)13-14/h12-13,15-17H,3-11H2,1-2H3. The molecule has 4 heteroatoms. The normalized spacial score (nSPS) is 21.0. The average Bonchev–Trinajstić information content (AvgIpc) is 2.94. The van der Waals surface area contributed by atoms with Crippen molar-refractivity contribution in [2.24, 2.45) is 0 Å². The van der Waals surface area contributed by atoms with Gasteiger partial charge in [0, 0.05) is 25.4 Å². The molecule has 2 atom stereocenters. The van der Waals surface area contributed by atoms with Crippen LogP contribution in [0, 0.1) is 0 Å². The average molecular weight is 279 g/mol. The van der Waals surface area contributed by atoms with Crippen LogP contribution in [0.1, 0.15) is 51.5 Å². The van der Waals surface area contributed by atoms with Crippen molar-refractivity contribution < 1.29 is 4.74 Å². The van der Waals surface area contributed by atoms with E-state index in [1.807, 2.05) is 10.9 Å². The summed E-state index contributed by atoms with van der Waals surface area (Å²) in [5, 5.41) is 7.97. The Labute approximate surface area is 122 Å². The predicted molar refractivity (Wildman–Crippen MR) is 81.9 cm³/mol. The fourth-order valence-corrected chi connectivity index (χ4v) is 2.96. The highest BCUT2D eigenvalue weighted by molar-refractivity contribution is 5.06. The van der Waals surface area contributed by atoms with E-state index in [1.54, 1.807) is 0 Å². The highest BCUT2D eigenvalue weighted by Crippen LogP contribution is 2.18. The van der Waals surface area contributed by atoms with E-state index in [0.29, 0.717) is 12.1 Å². The van der Waals surface area contributed by atoms with Crippen LogP contribution in [0.2, 0.25) is 0 Å². The number of nitrogens with zero attached hydrogens (tertiary/aromatic N) is 2. The molecule has 1 saturated heterocycles. The van der Waals surface area contributed by atoms with Gasteiger partial charge in [-0.05, 0) is 57.6 Å². The van der Waals surface area contributed by atoms with Crippen molar-refractivity contribution >= 4 is 0 Å². The van der Waals surface area contributed by atoms with E-state index in [9.17, 15) is 0 Å². The highest BCUT2D eigenvalue weighted by atomic mass is 16.5. The SMILES string of the molecule is CCNC(CCC1CCCCO1)Cc1cnn(CC)c1. The second kappa shape index (κ2) is 8.42. The first-order chi connectivity index (χ1) is 9.81. The number of hydrogen-bond donors (Lipinski definition) is 1. The third kappa shape index (κ3) is 4.91. The molecule has 0 radical (unpaired) electrons. The van der Waals surface area contributed by atoms with Crippen LogP contribution in [-0.2, 0) is 17.7 Å². The molecule has 20 heavy (non-hydrogen) atoms. The van der Waals surface area contributed by atoms with Gasteiger partial charge >= 0.3 is 0 Å². The van der Waals surface area contributed by atoms with Crippen molar-refractivity contribution in [1.82, 2.24) is 15.1 Å². The van der Waals surface area contributed by atoms with E-state index < -0.39 is 0 Å². The lowest BCUT2D eigenvalue weighted by molar-refractivity contribution is 0.00860. The van der Waals surface area contributed by atoms with Crippen LogP contribution in [0.15, 0.2) is 12.4 Å². The molecule has 2 unspecified atom stereocenters.